The van der Waals surface area contributed by atoms with Crippen LogP contribution in [0.25, 0.3) is 0 Å². The van der Waals surface area contributed by atoms with E-state index in [1.165, 1.54) is 0 Å². The van der Waals surface area contributed by atoms with Crippen molar-refractivity contribution >= 4 is 5.91 Å². The summed E-state index contributed by atoms with van der Waals surface area (Å²) in [6.07, 6.45) is 0. The van der Waals surface area contributed by atoms with Gasteiger partial charge in [0.25, 0.3) is 17.4 Å². The molecule has 16 heavy (non-hydrogen) atoms. The van der Waals surface area contributed by atoms with E-state index in [-0.39, 0.29) is 5.69 Å². The number of nitrogens with zero attached hydrogens (tertiary/aromatic N) is 1. The predicted octanol–water partition coefficient (Wildman–Crippen LogP) is -0.906. The largest absolute Gasteiger partial charge is 0.345 e. The van der Waals surface area contributed by atoms with E-state index in [2.05, 4.69) is 5.10 Å². The van der Waals surface area contributed by atoms with Crippen molar-refractivity contribution in [1.29, 1.82) is 0 Å². The molecular formula is C8H10F2N4O2. The molecule has 0 saturated heterocycles. The maximum atomic E-state index is 12.7. The fraction of sp³-hybridized carbons (Fsp3) is 0.375. The summed E-state index contributed by atoms with van der Waals surface area (Å²) >= 11 is 0. The van der Waals surface area contributed by atoms with Crippen LogP contribution in [0, 0.1) is 0 Å². The molecule has 1 aromatic heterocycles. The summed E-state index contributed by atoms with van der Waals surface area (Å²) in [6, 6.07) is 2.21. The third-order valence-corrected chi connectivity index (χ3v) is 1.72. The summed E-state index contributed by atoms with van der Waals surface area (Å²) in [5, 5.41) is 7.35. The minimum atomic E-state index is -3.15. The van der Waals surface area contributed by atoms with Gasteiger partial charge in [-0.1, -0.05) is 0 Å². The molecule has 0 saturated carbocycles. The third kappa shape index (κ3) is 3.39. The van der Waals surface area contributed by atoms with Gasteiger partial charge in [-0.15, -0.1) is 0 Å². The first-order valence-corrected chi connectivity index (χ1v) is 4.36. The highest BCUT2D eigenvalue weighted by atomic mass is 19.3. The zero-order chi connectivity index (χ0) is 12.2. The van der Waals surface area contributed by atoms with E-state index in [4.69, 9.17) is 5.73 Å². The van der Waals surface area contributed by atoms with E-state index in [9.17, 15) is 18.4 Å². The number of H-pyrrole nitrogens is 1. The Kier molecular flexibility index (Phi) is 3.67. The topological polar surface area (TPSA) is 101 Å². The Morgan fingerprint density at radius 2 is 2.25 bits per heavy atom. The number of hydrogen-bond acceptors (Lipinski definition) is 4. The van der Waals surface area contributed by atoms with Crippen molar-refractivity contribution in [2.24, 2.45) is 5.73 Å². The average molecular weight is 232 g/mol. The lowest BCUT2D eigenvalue weighted by Crippen LogP contribution is -2.41. The van der Waals surface area contributed by atoms with Crippen LogP contribution in [0.15, 0.2) is 16.9 Å². The second-order valence-electron chi connectivity index (χ2n) is 3.05. The standard InChI is InChI=1S/C8H10F2N4O2/c9-8(10,3-11)4-12-7(16)5-1-2-6(15)14-13-5/h1-2H,3-4,11H2,(H,12,16)(H,14,15). The molecule has 0 radical (unpaired) electrons. The van der Waals surface area contributed by atoms with Crippen molar-refractivity contribution in [3.63, 3.8) is 0 Å². The number of alkyl halides is 2. The van der Waals surface area contributed by atoms with Gasteiger partial charge in [0.05, 0.1) is 13.1 Å². The molecule has 1 amide bonds. The van der Waals surface area contributed by atoms with Gasteiger partial charge < -0.3 is 11.1 Å². The summed E-state index contributed by atoms with van der Waals surface area (Å²) in [5.74, 6) is -3.96. The second-order valence-corrected chi connectivity index (χ2v) is 3.05. The Hall–Kier alpha value is -1.83. The second kappa shape index (κ2) is 4.79. The smallest absolute Gasteiger partial charge is 0.277 e. The number of nitrogens with two attached hydrogens (primary N) is 1. The SMILES string of the molecule is NCC(F)(F)CNC(=O)c1ccc(=O)[nH]n1. The van der Waals surface area contributed by atoms with Crippen molar-refractivity contribution < 1.29 is 13.6 Å². The quantitative estimate of drug-likeness (QED) is 0.625. The highest BCUT2D eigenvalue weighted by Gasteiger charge is 2.27. The predicted molar refractivity (Wildman–Crippen MR) is 51.2 cm³/mol. The minimum absolute atomic E-state index is 0.146. The lowest BCUT2D eigenvalue weighted by Gasteiger charge is -2.13. The highest BCUT2D eigenvalue weighted by molar-refractivity contribution is 5.91. The van der Waals surface area contributed by atoms with Crippen LogP contribution in [0.3, 0.4) is 0 Å². The van der Waals surface area contributed by atoms with Crippen LogP contribution in [0.5, 0.6) is 0 Å². The number of rotatable bonds is 4. The molecular weight excluding hydrogens is 222 g/mol. The Balaban J connectivity index is 2.60. The number of amides is 1. The van der Waals surface area contributed by atoms with E-state index in [1.807, 2.05) is 10.4 Å². The van der Waals surface area contributed by atoms with Crippen LogP contribution in [0.4, 0.5) is 8.78 Å². The van der Waals surface area contributed by atoms with Crippen LogP contribution < -0.4 is 16.6 Å². The van der Waals surface area contributed by atoms with Crippen LogP contribution in [0.1, 0.15) is 10.5 Å². The van der Waals surface area contributed by atoms with Gasteiger partial charge in [0.2, 0.25) is 0 Å². The molecule has 0 bridgehead atoms. The summed E-state index contributed by atoms with van der Waals surface area (Å²) in [7, 11) is 0. The van der Waals surface area contributed by atoms with Gasteiger partial charge in [0.15, 0.2) is 0 Å². The summed E-state index contributed by atoms with van der Waals surface area (Å²) in [6.45, 7) is -1.73. The van der Waals surface area contributed by atoms with Gasteiger partial charge in [0.1, 0.15) is 5.69 Å². The van der Waals surface area contributed by atoms with Gasteiger partial charge in [0, 0.05) is 6.07 Å². The number of nitrogens with one attached hydrogen (secondary N) is 2. The molecule has 6 nitrogen and oxygen atoms in total. The van der Waals surface area contributed by atoms with E-state index >= 15 is 0 Å². The Bertz CT molecular complexity index is 412. The maximum absolute atomic E-state index is 12.7. The fourth-order valence-corrected chi connectivity index (χ4v) is 0.843. The van der Waals surface area contributed by atoms with Crippen molar-refractivity contribution in [2.45, 2.75) is 5.92 Å². The van der Waals surface area contributed by atoms with Crippen molar-refractivity contribution in [3.8, 4) is 0 Å². The number of hydrogen-bond donors (Lipinski definition) is 3. The third-order valence-electron chi connectivity index (χ3n) is 1.72. The number of halogens is 2. The summed E-state index contributed by atoms with van der Waals surface area (Å²) < 4.78 is 25.4. The molecule has 8 heteroatoms. The molecule has 0 fully saturated rings. The van der Waals surface area contributed by atoms with Gasteiger partial charge in [-0.3, -0.25) is 9.59 Å². The zero-order valence-corrected chi connectivity index (χ0v) is 8.17. The normalized spacial score (nSPS) is 11.2. The van der Waals surface area contributed by atoms with Gasteiger partial charge in [-0.25, -0.2) is 13.9 Å². The van der Waals surface area contributed by atoms with Crippen LogP contribution in [0.2, 0.25) is 0 Å². The molecule has 0 aromatic carbocycles. The Morgan fingerprint density at radius 3 is 2.75 bits per heavy atom. The summed E-state index contributed by atoms with van der Waals surface area (Å²) in [4.78, 5) is 21.9. The Morgan fingerprint density at radius 1 is 1.56 bits per heavy atom. The maximum Gasteiger partial charge on any atom is 0.277 e. The highest BCUT2D eigenvalue weighted by Crippen LogP contribution is 2.08. The molecule has 1 aromatic rings. The van der Waals surface area contributed by atoms with Gasteiger partial charge in [-0.05, 0) is 6.07 Å². The van der Waals surface area contributed by atoms with Crippen LogP contribution >= 0.6 is 0 Å². The molecule has 0 aliphatic carbocycles. The molecule has 0 aliphatic heterocycles. The fourth-order valence-electron chi connectivity index (χ4n) is 0.843. The van der Waals surface area contributed by atoms with E-state index in [1.54, 1.807) is 0 Å². The first-order valence-electron chi connectivity index (χ1n) is 4.36. The molecule has 1 rings (SSSR count). The molecule has 4 N–H and O–H groups in total. The van der Waals surface area contributed by atoms with Crippen molar-refractivity contribution in [3.05, 3.63) is 28.2 Å². The van der Waals surface area contributed by atoms with Gasteiger partial charge >= 0.3 is 0 Å². The molecule has 1 heterocycles. The van der Waals surface area contributed by atoms with Gasteiger partial charge in [-0.2, -0.15) is 5.10 Å². The summed E-state index contributed by atoms with van der Waals surface area (Å²) in [5.41, 5.74) is 4.16. The molecule has 0 unspecified atom stereocenters. The van der Waals surface area contributed by atoms with E-state index < -0.39 is 30.5 Å². The number of carbonyl (C=O) groups is 1. The molecule has 0 aliphatic rings. The zero-order valence-electron chi connectivity index (χ0n) is 8.17. The monoisotopic (exact) mass is 232 g/mol. The Labute approximate surface area is 88.8 Å². The van der Waals surface area contributed by atoms with Crippen molar-refractivity contribution in [2.75, 3.05) is 13.1 Å². The molecule has 0 atom stereocenters. The minimum Gasteiger partial charge on any atom is -0.345 e. The number of aromatic amines is 1. The lowest BCUT2D eigenvalue weighted by molar-refractivity contribution is 0.0118. The number of aromatic nitrogens is 2. The first kappa shape index (κ1) is 12.2. The number of carbonyl (C=O) groups excluding carboxylic acids is 1. The molecule has 88 valence electrons. The van der Waals surface area contributed by atoms with Crippen LogP contribution in [-0.2, 0) is 0 Å². The van der Waals surface area contributed by atoms with Crippen LogP contribution in [-0.4, -0.2) is 35.1 Å². The molecule has 0 spiro atoms. The average Bonchev–Trinajstić information content (AvgIpc) is 2.27. The lowest BCUT2D eigenvalue weighted by atomic mass is 10.3. The van der Waals surface area contributed by atoms with E-state index in [0.717, 1.165) is 12.1 Å². The van der Waals surface area contributed by atoms with Crippen molar-refractivity contribution in [1.82, 2.24) is 15.5 Å². The first-order chi connectivity index (χ1) is 7.44. The van der Waals surface area contributed by atoms with E-state index in [0.29, 0.717) is 0 Å².